The van der Waals surface area contributed by atoms with Gasteiger partial charge in [-0.15, -0.1) is 0 Å². The minimum Gasteiger partial charge on any atom is -0.480 e. The molecule has 1 N–H and O–H groups in total. The minimum absolute atomic E-state index is 0.0525. The Morgan fingerprint density at radius 2 is 1.95 bits per heavy atom. The highest BCUT2D eigenvalue weighted by Gasteiger charge is 2.38. The van der Waals surface area contributed by atoms with Crippen LogP contribution < -0.4 is 0 Å². The summed E-state index contributed by atoms with van der Waals surface area (Å²) in [6.45, 7) is -1.87. The maximum absolute atomic E-state index is 12.5. The lowest BCUT2D eigenvalue weighted by molar-refractivity contribution is -0.146. The molecule has 5 nitrogen and oxygen atoms in total. The van der Waals surface area contributed by atoms with Gasteiger partial charge < -0.3 is 5.11 Å². The molecule has 0 heterocycles. The highest BCUT2D eigenvalue weighted by Crippen LogP contribution is 2.27. The van der Waals surface area contributed by atoms with E-state index in [9.17, 15) is 26.4 Å². The summed E-state index contributed by atoms with van der Waals surface area (Å²) < 4.78 is 61.7. The van der Waals surface area contributed by atoms with Gasteiger partial charge in [-0.25, -0.2) is 8.42 Å². The molecule has 118 valence electrons. The molecule has 21 heavy (non-hydrogen) atoms. The fourth-order valence-corrected chi connectivity index (χ4v) is 3.44. The predicted molar refractivity (Wildman–Crippen MR) is 68.6 cm³/mol. The van der Waals surface area contributed by atoms with Gasteiger partial charge in [0.2, 0.25) is 10.0 Å². The zero-order chi connectivity index (χ0) is 16.4. The number of carboxylic acid groups (broad SMARTS) is 1. The number of benzene rings is 1. The van der Waals surface area contributed by atoms with E-state index in [2.05, 4.69) is 0 Å². The maximum atomic E-state index is 12.5. The van der Waals surface area contributed by atoms with Gasteiger partial charge in [0.25, 0.3) is 0 Å². The molecule has 1 aromatic carbocycles. The van der Waals surface area contributed by atoms with Crippen LogP contribution in [0, 0.1) is 6.92 Å². The molecule has 0 saturated carbocycles. The zero-order valence-electron chi connectivity index (χ0n) is 10.7. The number of alkyl halides is 3. The van der Waals surface area contributed by atoms with Crippen molar-refractivity contribution in [3.8, 4) is 0 Å². The molecule has 0 amide bonds. The highest BCUT2D eigenvalue weighted by atomic mass is 35.5. The Bertz CT molecular complexity index is 645. The van der Waals surface area contributed by atoms with E-state index < -0.39 is 40.2 Å². The van der Waals surface area contributed by atoms with Crippen molar-refractivity contribution in [3.63, 3.8) is 0 Å². The highest BCUT2D eigenvalue weighted by molar-refractivity contribution is 7.89. The van der Waals surface area contributed by atoms with Gasteiger partial charge >= 0.3 is 12.1 Å². The van der Waals surface area contributed by atoms with Crippen molar-refractivity contribution in [2.75, 3.05) is 13.1 Å². The normalized spacial score (nSPS) is 12.7. The molecule has 0 aliphatic heterocycles. The van der Waals surface area contributed by atoms with Crippen LogP contribution in [0.25, 0.3) is 0 Å². The van der Waals surface area contributed by atoms with Crippen LogP contribution >= 0.6 is 11.6 Å². The molecule has 0 fully saturated rings. The summed E-state index contributed by atoms with van der Waals surface area (Å²) in [4.78, 5) is 10.2. The van der Waals surface area contributed by atoms with Crippen molar-refractivity contribution >= 4 is 27.6 Å². The van der Waals surface area contributed by atoms with E-state index in [-0.39, 0.29) is 14.9 Å². The number of nitrogens with zero attached hydrogens (tertiary/aromatic N) is 1. The molecule has 0 aliphatic rings. The third kappa shape index (κ3) is 4.58. The average molecular weight is 346 g/mol. The molecule has 0 spiro atoms. The monoisotopic (exact) mass is 345 g/mol. The van der Waals surface area contributed by atoms with Gasteiger partial charge in [0, 0.05) is 5.02 Å². The first kappa shape index (κ1) is 17.7. The summed E-state index contributed by atoms with van der Waals surface area (Å²) in [5.74, 6) is -1.69. The van der Waals surface area contributed by atoms with Crippen LogP contribution in [-0.2, 0) is 14.8 Å². The largest absolute Gasteiger partial charge is 0.480 e. The Balaban J connectivity index is 3.33. The lowest BCUT2D eigenvalue weighted by Crippen LogP contribution is -2.42. The van der Waals surface area contributed by atoms with Crippen LogP contribution in [0.1, 0.15) is 5.56 Å². The van der Waals surface area contributed by atoms with Crippen molar-refractivity contribution in [1.29, 1.82) is 0 Å². The summed E-state index contributed by atoms with van der Waals surface area (Å²) in [6.07, 6.45) is -4.87. The summed E-state index contributed by atoms with van der Waals surface area (Å²) in [5.41, 5.74) is 0.0525. The summed E-state index contributed by atoms with van der Waals surface area (Å²) in [7, 11) is -4.63. The first-order valence-corrected chi connectivity index (χ1v) is 7.31. The van der Waals surface area contributed by atoms with Crippen molar-refractivity contribution in [1.82, 2.24) is 4.31 Å². The fraction of sp³-hybridized carbons (Fsp3) is 0.364. The summed E-state index contributed by atoms with van der Waals surface area (Å²) in [5, 5.41) is 8.67. The van der Waals surface area contributed by atoms with E-state index in [0.717, 1.165) is 6.07 Å². The number of hydrogen-bond acceptors (Lipinski definition) is 3. The Morgan fingerprint density at radius 1 is 1.38 bits per heavy atom. The number of halogens is 4. The Labute approximate surface area is 124 Å². The van der Waals surface area contributed by atoms with E-state index >= 15 is 0 Å². The fourth-order valence-electron chi connectivity index (χ4n) is 1.58. The first-order valence-electron chi connectivity index (χ1n) is 5.49. The molecule has 0 saturated heterocycles. The van der Waals surface area contributed by atoms with Crippen LogP contribution in [0.4, 0.5) is 13.2 Å². The van der Waals surface area contributed by atoms with Crippen molar-refractivity contribution in [2.45, 2.75) is 18.0 Å². The van der Waals surface area contributed by atoms with Gasteiger partial charge in [-0.1, -0.05) is 17.7 Å². The van der Waals surface area contributed by atoms with E-state index in [1.165, 1.54) is 19.1 Å². The number of rotatable bonds is 5. The van der Waals surface area contributed by atoms with Crippen LogP contribution in [-0.4, -0.2) is 43.1 Å². The van der Waals surface area contributed by atoms with E-state index in [4.69, 9.17) is 16.7 Å². The van der Waals surface area contributed by atoms with Gasteiger partial charge in [0.15, 0.2) is 0 Å². The molecular weight excluding hydrogens is 335 g/mol. The quantitative estimate of drug-likeness (QED) is 0.888. The van der Waals surface area contributed by atoms with Crippen molar-refractivity contribution < 1.29 is 31.5 Å². The Morgan fingerprint density at radius 3 is 2.43 bits per heavy atom. The number of sulfonamides is 1. The third-order valence-electron chi connectivity index (χ3n) is 2.50. The maximum Gasteiger partial charge on any atom is 0.402 e. The molecule has 0 bridgehead atoms. The SMILES string of the molecule is Cc1c(Cl)cccc1S(=O)(=O)N(CC(=O)O)CC(F)(F)F. The molecule has 1 aromatic rings. The number of carbonyl (C=O) groups is 1. The van der Waals surface area contributed by atoms with Crippen LogP contribution in [0.5, 0.6) is 0 Å². The van der Waals surface area contributed by atoms with E-state index in [1.807, 2.05) is 0 Å². The van der Waals surface area contributed by atoms with Crippen molar-refractivity contribution in [3.05, 3.63) is 28.8 Å². The van der Waals surface area contributed by atoms with Crippen LogP contribution in [0.15, 0.2) is 23.1 Å². The van der Waals surface area contributed by atoms with Gasteiger partial charge in [-0.05, 0) is 24.6 Å². The predicted octanol–water partition coefficient (Wildman–Crippen LogP) is 2.29. The molecule has 0 atom stereocenters. The third-order valence-corrected chi connectivity index (χ3v) is 4.85. The van der Waals surface area contributed by atoms with Gasteiger partial charge in [-0.2, -0.15) is 17.5 Å². The molecule has 0 unspecified atom stereocenters. The Hall–Kier alpha value is -1.32. The number of carboxylic acids is 1. The number of hydrogen-bond donors (Lipinski definition) is 1. The zero-order valence-corrected chi connectivity index (χ0v) is 12.3. The summed E-state index contributed by atoms with van der Waals surface area (Å²) >= 11 is 5.74. The van der Waals surface area contributed by atoms with E-state index in [0.29, 0.717) is 0 Å². The van der Waals surface area contributed by atoms with Crippen LogP contribution in [0.2, 0.25) is 5.02 Å². The smallest absolute Gasteiger partial charge is 0.402 e. The molecule has 0 aliphatic carbocycles. The van der Waals surface area contributed by atoms with E-state index in [1.54, 1.807) is 0 Å². The second kappa shape index (κ2) is 6.20. The number of aliphatic carboxylic acids is 1. The van der Waals surface area contributed by atoms with Crippen molar-refractivity contribution in [2.24, 2.45) is 0 Å². The lowest BCUT2D eigenvalue weighted by Gasteiger charge is -2.22. The first-order chi connectivity index (χ1) is 9.45. The molecule has 1 rings (SSSR count). The second-order valence-electron chi connectivity index (χ2n) is 4.14. The standard InChI is InChI=1S/C11H11ClF3NO4S/c1-7-8(12)3-2-4-9(7)21(19,20)16(5-10(17)18)6-11(13,14)15/h2-4H,5-6H2,1H3,(H,17,18). The topological polar surface area (TPSA) is 74.7 Å². The van der Waals surface area contributed by atoms with Crippen LogP contribution in [0.3, 0.4) is 0 Å². The van der Waals surface area contributed by atoms with Gasteiger partial charge in [-0.3, -0.25) is 4.79 Å². The van der Waals surface area contributed by atoms with Gasteiger partial charge in [0.1, 0.15) is 13.1 Å². The second-order valence-corrected chi connectivity index (χ2v) is 6.46. The average Bonchev–Trinajstić information content (AvgIpc) is 2.29. The van der Waals surface area contributed by atoms with Gasteiger partial charge in [0.05, 0.1) is 4.90 Å². The Kier molecular flexibility index (Phi) is 5.24. The summed E-state index contributed by atoms with van der Waals surface area (Å²) in [6, 6.07) is 3.71. The molecule has 0 aromatic heterocycles. The minimum atomic E-state index is -4.87. The molecule has 0 radical (unpaired) electrons. The molecular formula is C11H11ClF3NO4S. The molecule has 10 heteroatoms. The lowest BCUT2D eigenvalue weighted by atomic mass is 10.2.